The van der Waals surface area contributed by atoms with Crippen LogP contribution in [0.25, 0.3) is 44.6 Å². The van der Waals surface area contributed by atoms with Gasteiger partial charge in [0.2, 0.25) is 17.4 Å². The van der Waals surface area contributed by atoms with Crippen molar-refractivity contribution in [2.45, 2.75) is 117 Å². The maximum absolute atomic E-state index is 12.7. The van der Waals surface area contributed by atoms with Gasteiger partial charge in [-0.2, -0.15) is 0 Å². The molecule has 542 valence electrons. The van der Waals surface area contributed by atoms with Crippen molar-refractivity contribution in [2.75, 3.05) is 83.4 Å². The molecule has 3 fully saturated rings. The third kappa shape index (κ3) is 24.3. The number of piperazine rings is 3. The van der Waals surface area contributed by atoms with E-state index in [-0.39, 0.29) is 44.3 Å². The van der Waals surface area contributed by atoms with Crippen LogP contribution < -0.4 is 10.2 Å². The number of phenols is 2. The maximum Gasteiger partial charge on any atom is 0.410 e. The monoisotopic (exact) mass is 1420 g/mol. The van der Waals surface area contributed by atoms with Crippen molar-refractivity contribution in [3.8, 4) is 34.3 Å². The van der Waals surface area contributed by atoms with Crippen LogP contribution in [0.5, 0.6) is 11.5 Å². The molecule has 5 heterocycles. The first-order valence-corrected chi connectivity index (χ1v) is 32.9. The molecule has 5 aromatic carbocycles. The zero-order valence-electron chi connectivity index (χ0n) is 57.5. The van der Waals surface area contributed by atoms with Crippen LogP contribution in [-0.2, 0) is 54.3 Å². The van der Waals surface area contributed by atoms with Gasteiger partial charge < -0.3 is 89.6 Å². The molecule has 10 rings (SSSR count). The molecule has 0 radical (unpaired) electrons. The normalized spacial score (nSPS) is 15.1. The summed E-state index contributed by atoms with van der Waals surface area (Å²) in [5, 5.41) is 83.4. The Morgan fingerprint density at radius 3 is 1.30 bits per heavy atom. The molecule has 0 aliphatic carbocycles. The Morgan fingerprint density at radius 2 is 0.861 bits per heavy atom. The van der Waals surface area contributed by atoms with Gasteiger partial charge in [0.1, 0.15) is 47.4 Å². The number of hydrogen-bond acceptors (Lipinski definition) is 25. The highest BCUT2D eigenvalue weighted by Gasteiger charge is 2.34. The summed E-state index contributed by atoms with van der Waals surface area (Å²) in [5.41, 5.74) is 5.65. The smallest absolute Gasteiger partial charge is 0.410 e. The van der Waals surface area contributed by atoms with Gasteiger partial charge in [0.05, 0.1) is 41.4 Å². The number of aryl methyl sites for hydroxylation is 2. The Hall–Kier alpha value is -9.72. The number of aromatic hydroxyl groups is 2. The van der Waals surface area contributed by atoms with Gasteiger partial charge >= 0.3 is 24.0 Å². The number of carbonyl (C=O) groups excluding carboxylic acids is 7. The molecule has 0 spiro atoms. The van der Waals surface area contributed by atoms with Crippen molar-refractivity contribution in [3.63, 3.8) is 0 Å². The number of ether oxygens (including phenoxy) is 4. The summed E-state index contributed by atoms with van der Waals surface area (Å²) in [5.74, 6) is -7.42. The van der Waals surface area contributed by atoms with Crippen molar-refractivity contribution in [1.82, 2.24) is 44.9 Å². The number of nitrogens with one attached hydrogen (secondary N) is 1. The molecular formula is C71H87ClN10O19. The summed E-state index contributed by atoms with van der Waals surface area (Å²) < 4.78 is 19.3. The van der Waals surface area contributed by atoms with Gasteiger partial charge in [0.15, 0.2) is 11.6 Å². The van der Waals surface area contributed by atoms with Crippen LogP contribution in [0.3, 0.4) is 0 Å². The quantitative estimate of drug-likeness (QED) is 0.0254. The zero-order valence-corrected chi connectivity index (χ0v) is 58.2. The lowest BCUT2D eigenvalue weighted by Crippen LogP contribution is -2.53. The second-order valence-electron chi connectivity index (χ2n) is 25.4. The van der Waals surface area contributed by atoms with Crippen molar-refractivity contribution in [1.29, 1.82) is 0 Å². The van der Waals surface area contributed by atoms with Gasteiger partial charge in [0.25, 0.3) is 17.7 Å². The number of carbonyl (C=O) groups is 7. The minimum atomic E-state index is -1.68. The molecule has 3 saturated heterocycles. The molecule has 7 aromatic rings. The SMILES string of the molecule is CC(C)(O)OC(=O)C[C@@H](O)C(=O)N1CCN(C(=O)OCc2ccccc2)CC1.CC(C)(O)OC(=O)C[C@@H](O)C(=O)N1CCNCC1.Cc1ccc2c(Cl)nc(-c3ccccc3O)nc2c1.Cc1ccc2c(N3CCN(C(=O)[C@H](O)CC(=O)OC(C)(C)O)CC3)nc(-c3ccccc3O)nc2c1. The highest BCUT2D eigenvalue weighted by Crippen LogP contribution is 2.34. The van der Waals surface area contributed by atoms with E-state index < -0.39 is 96.7 Å². The summed E-state index contributed by atoms with van der Waals surface area (Å²) in [6.45, 7) is 16.8. The lowest BCUT2D eigenvalue weighted by molar-refractivity contribution is -0.198. The van der Waals surface area contributed by atoms with Crippen LogP contribution in [-0.4, -0.2) is 236 Å². The van der Waals surface area contributed by atoms with Crippen molar-refractivity contribution >= 4 is 80.9 Å². The summed E-state index contributed by atoms with van der Waals surface area (Å²) in [4.78, 5) is 110. The molecule has 4 amide bonds. The van der Waals surface area contributed by atoms with E-state index >= 15 is 0 Å². The van der Waals surface area contributed by atoms with E-state index in [0.717, 1.165) is 38.5 Å². The number of fused-ring (bicyclic) bond motifs is 2. The number of benzene rings is 5. The predicted octanol–water partition coefficient (Wildman–Crippen LogP) is 4.88. The average molecular weight is 1420 g/mol. The van der Waals surface area contributed by atoms with Crippen LogP contribution in [0, 0.1) is 13.8 Å². The molecule has 0 unspecified atom stereocenters. The zero-order chi connectivity index (χ0) is 73.9. The van der Waals surface area contributed by atoms with Gasteiger partial charge in [-0.05, 0) is 79.1 Å². The van der Waals surface area contributed by atoms with Gasteiger partial charge in [-0.25, -0.2) is 24.7 Å². The number of rotatable bonds is 17. The molecule has 9 N–H and O–H groups in total. The first-order chi connectivity index (χ1) is 47.6. The summed E-state index contributed by atoms with van der Waals surface area (Å²) in [6, 6.07) is 34.9. The predicted molar refractivity (Wildman–Crippen MR) is 370 cm³/mol. The number of esters is 3. The molecule has 30 heteroatoms. The van der Waals surface area contributed by atoms with E-state index in [1.807, 2.05) is 97.6 Å². The van der Waals surface area contributed by atoms with E-state index in [1.165, 1.54) is 61.1 Å². The number of anilines is 1. The lowest BCUT2D eigenvalue weighted by atomic mass is 10.1. The summed E-state index contributed by atoms with van der Waals surface area (Å²) in [6.07, 6.45) is -6.55. The number of aromatic nitrogens is 4. The van der Waals surface area contributed by atoms with Crippen molar-refractivity contribution in [3.05, 3.63) is 137 Å². The maximum atomic E-state index is 12.7. The first-order valence-electron chi connectivity index (χ1n) is 32.6. The third-order valence-electron chi connectivity index (χ3n) is 15.3. The number of halogens is 1. The number of amides is 4. The molecule has 101 heavy (non-hydrogen) atoms. The number of para-hydroxylation sites is 2. The Labute approximate surface area is 588 Å². The molecule has 2 aromatic heterocycles. The molecule has 29 nitrogen and oxygen atoms in total. The largest absolute Gasteiger partial charge is 0.507 e. The second kappa shape index (κ2) is 35.5. The van der Waals surface area contributed by atoms with Gasteiger partial charge in [-0.3, -0.25) is 28.8 Å². The van der Waals surface area contributed by atoms with Crippen LogP contribution in [0.1, 0.15) is 77.5 Å². The van der Waals surface area contributed by atoms with Crippen LogP contribution in [0.4, 0.5) is 10.6 Å². The summed E-state index contributed by atoms with van der Waals surface area (Å²) >= 11 is 6.18. The molecule has 0 saturated carbocycles. The number of nitrogens with zero attached hydrogens (tertiary/aromatic N) is 9. The van der Waals surface area contributed by atoms with Gasteiger partial charge in [-0.15, -0.1) is 0 Å². The van der Waals surface area contributed by atoms with E-state index in [1.54, 1.807) is 36.4 Å². The minimum Gasteiger partial charge on any atom is -0.507 e. The van der Waals surface area contributed by atoms with E-state index in [9.17, 15) is 74.4 Å². The Bertz CT molecular complexity index is 4020. The molecule has 3 aliphatic rings. The van der Waals surface area contributed by atoms with Gasteiger partial charge in [-0.1, -0.05) is 78.3 Å². The highest BCUT2D eigenvalue weighted by molar-refractivity contribution is 6.34. The van der Waals surface area contributed by atoms with E-state index in [0.29, 0.717) is 86.1 Å². The number of aliphatic hydroxyl groups excluding tert-OH is 3. The third-order valence-corrected chi connectivity index (χ3v) is 15.6. The fourth-order valence-electron chi connectivity index (χ4n) is 10.5. The van der Waals surface area contributed by atoms with Gasteiger partial charge in [0, 0.05) is 131 Å². The van der Waals surface area contributed by atoms with Crippen molar-refractivity contribution in [2.24, 2.45) is 0 Å². The Kier molecular flexibility index (Phi) is 27.7. The Balaban J connectivity index is 0.000000197. The van der Waals surface area contributed by atoms with Crippen molar-refractivity contribution < 1.29 is 93.4 Å². The number of phenolic OH excluding ortho intramolecular Hbond substituents is 2. The molecule has 0 bridgehead atoms. The number of hydrogen-bond donors (Lipinski definition) is 9. The van der Waals surface area contributed by atoms with Crippen LogP contribution in [0.15, 0.2) is 115 Å². The minimum absolute atomic E-state index is 0.0861. The summed E-state index contributed by atoms with van der Waals surface area (Å²) in [7, 11) is 0. The molecular weight excluding hydrogens is 1330 g/mol. The fourth-order valence-corrected chi connectivity index (χ4v) is 10.7. The Morgan fingerprint density at radius 1 is 0.485 bits per heavy atom. The highest BCUT2D eigenvalue weighted by atomic mass is 35.5. The standard InChI is InChI=1S/C26H30N4O6.C19H26N2O7.C15H11ClN2O.C11H20N2O5/c1-16-8-9-17-19(14-16)27-23(18-6-4-5-7-20(18)31)28-24(17)29-10-12-30(13-11-29)25(34)21(32)15-22(33)36-26(2,3)35;1-19(2,26)28-16(23)12-15(22)17(24)20-8-10-21(11-9-20)18(25)27-13-14-6-4-3-5-7-14;1-9-6-7-10-12(8-9)17-15(18-14(10)16)11-4-2-3-5-13(11)19;1-11(2,17)18-9(15)7-8(14)10(16)13-5-3-12-4-6-13/h4-9,14,21,31-32,35H,10-13,15H2,1-3H3;3-7,15,22,26H,8-13H2,1-2H3;2-8,19H,1H3;8,12,14,17H,3-7H2,1-2H3/t21-;15-;;8-/m11.1/s1. The average Bonchev–Trinajstić information content (AvgIpc) is 0.777. The lowest BCUT2D eigenvalue weighted by Gasteiger charge is -2.36. The van der Waals surface area contributed by atoms with E-state index in [4.69, 9.17) is 26.1 Å². The van der Waals surface area contributed by atoms with Crippen LogP contribution in [0.2, 0.25) is 5.15 Å². The molecule has 3 aliphatic heterocycles. The van der Waals surface area contributed by atoms with E-state index in [2.05, 4.69) is 29.7 Å². The first kappa shape index (κ1) is 78.6. The number of aliphatic hydroxyl groups is 6. The fraction of sp³-hybridized carbons (Fsp3) is 0.423. The second-order valence-corrected chi connectivity index (χ2v) is 25.8. The topological polar surface area (TPSA) is 398 Å². The molecule has 3 atom stereocenters. The van der Waals surface area contributed by atoms with Crippen LogP contribution >= 0.6 is 11.6 Å².